The van der Waals surface area contributed by atoms with Gasteiger partial charge in [0.25, 0.3) is 0 Å². The predicted molar refractivity (Wildman–Crippen MR) is 71.5 cm³/mol. The van der Waals surface area contributed by atoms with Crippen molar-refractivity contribution in [3.05, 3.63) is 29.3 Å². The normalized spacial score (nSPS) is 14.1. The third kappa shape index (κ3) is 3.16. The lowest BCUT2D eigenvalue weighted by atomic mass is 10.1. The number of sulfonamides is 1. The number of halogens is 2. The van der Waals surface area contributed by atoms with Crippen LogP contribution in [-0.4, -0.2) is 30.9 Å². The summed E-state index contributed by atoms with van der Waals surface area (Å²) in [5.41, 5.74) is 0.00748. The van der Waals surface area contributed by atoms with Crippen LogP contribution >= 0.6 is 0 Å². The van der Waals surface area contributed by atoms with Gasteiger partial charge in [0.15, 0.2) is 11.6 Å². The van der Waals surface area contributed by atoms with Gasteiger partial charge in [0, 0.05) is 13.1 Å². The highest BCUT2D eigenvalue weighted by Gasteiger charge is 2.31. The molecule has 1 atom stereocenters. The van der Waals surface area contributed by atoms with Crippen molar-refractivity contribution in [3.63, 3.8) is 0 Å². The van der Waals surface area contributed by atoms with Gasteiger partial charge < -0.3 is 5.11 Å². The van der Waals surface area contributed by atoms with Crippen LogP contribution in [-0.2, 0) is 16.6 Å². The smallest absolute Gasteiger partial charge is 0.246 e. The number of benzene rings is 1. The first-order valence-electron chi connectivity index (χ1n) is 6.19. The minimum atomic E-state index is -4.16. The summed E-state index contributed by atoms with van der Waals surface area (Å²) in [4.78, 5) is -0.753. The third-order valence-electron chi connectivity index (χ3n) is 3.43. The van der Waals surface area contributed by atoms with E-state index in [0.29, 0.717) is 0 Å². The molecule has 0 aliphatic heterocycles. The van der Waals surface area contributed by atoms with Crippen LogP contribution in [0.3, 0.4) is 0 Å². The van der Waals surface area contributed by atoms with Crippen LogP contribution in [0.5, 0.6) is 0 Å². The Labute approximate surface area is 118 Å². The van der Waals surface area contributed by atoms with E-state index in [-0.39, 0.29) is 17.5 Å². The zero-order valence-corrected chi connectivity index (χ0v) is 12.7. The molecule has 0 heterocycles. The van der Waals surface area contributed by atoms with Crippen LogP contribution in [0.2, 0.25) is 0 Å². The minimum Gasteiger partial charge on any atom is -0.392 e. The minimum absolute atomic E-state index is 0.00748. The zero-order valence-electron chi connectivity index (χ0n) is 11.9. The van der Waals surface area contributed by atoms with E-state index in [1.54, 1.807) is 6.92 Å². The number of aliphatic hydroxyl groups is 1. The van der Waals surface area contributed by atoms with Crippen LogP contribution in [0.15, 0.2) is 17.0 Å². The maximum Gasteiger partial charge on any atom is 0.246 e. The Morgan fingerprint density at radius 2 is 1.80 bits per heavy atom. The van der Waals surface area contributed by atoms with Crippen molar-refractivity contribution in [1.82, 2.24) is 4.31 Å². The molecule has 4 nitrogen and oxygen atoms in total. The molecular weight excluding hydrogens is 288 g/mol. The van der Waals surface area contributed by atoms with Gasteiger partial charge in [-0.05, 0) is 30.5 Å². The van der Waals surface area contributed by atoms with E-state index in [1.807, 2.05) is 13.8 Å². The summed E-state index contributed by atoms with van der Waals surface area (Å²) >= 11 is 0. The average molecular weight is 307 g/mol. The summed E-state index contributed by atoms with van der Waals surface area (Å²) in [6.45, 7) is 4.78. The van der Waals surface area contributed by atoms with Crippen molar-refractivity contribution in [2.45, 2.75) is 38.3 Å². The Balaban J connectivity index is 3.39. The second kappa shape index (κ2) is 6.15. The molecule has 0 spiro atoms. The van der Waals surface area contributed by atoms with Crippen LogP contribution < -0.4 is 0 Å². The molecule has 0 aliphatic carbocycles. The van der Waals surface area contributed by atoms with E-state index in [9.17, 15) is 17.2 Å². The van der Waals surface area contributed by atoms with Crippen LogP contribution in [0, 0.1) is 17.6 Å². The number of hydrogen-bond acceptors (Lipinski definition) is 3. The fourth-order valence-corrected chi connectivity index (χ4v) is 3.31. The van der Waals surface area contributed by atoms with Gasteiger partial charge in [-0.3, -0.25) is 0 Å². The SMILES string of the molecule is CC(C)C(C)N(C)S(=O)(=O)c1cc(CO)cc(F)c1F. The van der Waals surface area contributed by atoms with Crippen molar-refractivity contribution < 1.29 is 22.3 Å². The highest BCUT2D eigenvalue weighted by molar-refractivity contribution is 7.89. The van der Waals surface area contributed by atoms with Crippen molar-refractivity contribution in [3.8, 4) is 0 Å². The number of hydrogen-bond donors (Lipinski definition) is 1. The second-order valence-electron chi connectivity index (χ2n) is 5.05. The van der Waals surface area contributed by atoms with Gasteiger partial charge in [-0.1, -0.05) is 13.8 Å². The van der Waals surface area contributed by atoms with Gasteiger partial charge in [-0.15, -0.1) is 0 Å². The van der Waals surface area contributed by atoms with Crippen LogP contribution in [0.25, 0.3) is 0 Å². The summed E-state index contributed by atoms with van der Waals surface area (Å²) in [7, 11) is -2.84. The Bertz CT molecular complexity index is 588. The average Bonchev–Trinajstić information content (AvgIpc) is 2.39. The number of nitrogens with zero attached hydrogens (tertiary/aromatic N) is 1. The number of rotatable bonds is 5. The molecule has 0 saturated heterocycles. The summed E-state index contributed by atoms with van der Waals surface area (Å²) in [5.74, 6) is -2.70. The summed E-state index contributed by atoms with van der Waals surface area (Å²) < 4.78 is 52.9. The van der Waals surface area contributed by atoms with Crippen molar-refractivity contribution in [2.75, 3.05) is 7.05 Å². The maximum absolute atomic E-state index is 13.8. The molecule has 0 amide bonds. The van der Waals surface area contributed by atoms with Gasteiger partial charge in [-0.2, -0.15) is 4.31 Å². The molecule has 0 aliphatic rings. The largest absolute Gasteiger partial charge is 0.392 e. The topological polar surface area (TPSA) is 57.6 Å². The molecule has 0 saturated carbocycles. The van der Waals surface area contributed by atoms with Gasteiger partial charge >= 0.3 is 0 Å². The standard InChI is InChI=1S/C13H19F2NO3S/c1-8(2)9(3)16(4)20(18,19)12-6-10(7-17)5-11(14)13(12)15/h5-6,8-9,17H,7H2,1-4H3. The predicted octanol–water partition coefficient (Wildman–Crippen LogP) is 2.12. The molecule has 1 N–H and O–H groups in total. The molecule has 1 aromatic carbocycles. The second-order valence-corrected chi connectivity index (χ2v) is 7.02. The van der Waals surface area contributed by atoms with E-state index in [4.69, 9.17) is 5.11 Å². The van der Waals surface area contributed by atoms with Gasteiger partial charge in [0.2, 0.25) is 10.0 Å². The number of aliphatic hydroxyl groups excluding tert-OH is 1. The molecule has 0 fully saturated rings. The summed E-state index contributed by atoms with van der Waals surface area (Å²) in [5, 5.41) is 8.98. The van der Waals surface area contributed by atoms with E-state index in [1.165, 1.54) is 7.05 Å². The fraction of sp³-hybridized carbons (Fsp3) is 0.538. The van der Waals surface area contributed by atoms with Crippen LogP contribution in [0.4, 0.5) is 8.78 Å². The molecule has 114 valence electrons. The maximum atomic E-state index is 13.8. The van der Waals surface area contributed by atoms with E-state index < -0.39 is 33.2 Å². The molecule has 0 aromatic heterocycles. The Hall–Kier alpha value is -1.05. The Kier molecular flexibility index (Phi) is 5.23. The van der Waals surface area contributed by atoms with Gasteiger partial charge in [0.1, 0.15) is 4.90 Å². The summed E-state index contributed by atoms with van der Waals surface area (Å²) in [6, 6.07) is 1.36. The van der Waals surface area contributed by atoms with E-state index >= 15 is 0 Å². The molecule has 0 bridgehead atoms. The van der Waals surface area contributed by atoms with E-state index in [0.717, 1.165) is 16.4 Å². The fourth-order valence-electron chi connectivity index (χ4n) is 1.69. The van der Waals surface area contributed by atoms with Crippen molar-refractivity contribution >= 4 is 10.0 Å². The molecule has 1 rings (SSSR count). The monoisotopic (exact) mass is 307 g/mol. The zero-order chi connectivity index (χ0) is 15.7. The molecular formula is C13H19F2NO3S. The van der Waals surface area contributed by atoms with Gasteiger partial charge in [0.05, 0.1) is 6.61 Å². The highest BCUT2D eigenvalue weighted by atomic mass is 32.2. The molecule has 0 radical (unpaired) electrons. The molecule has 1 unspecified atom stereocenters. The third-order valence-corrected chi connectivity index (χ3v) is 5.38. The Morgan fingerprint density at radius 3 is 2.25 bits per heavy atom. The highest BCUT2D eigenvalue weighted by Crippen LogP contribution is 2.25. The first-order chi connectivity index (χ1) is 9.12. The molecule has 1 aromatic rings. The first kappa shape index (κ1) is 17.0. The molecule has 20 heavy (non-hydrogen) atoms. The van der Waals surface area contributed by atoms with Crippen molar-refractivity contribution in [1.29, 1.82) is 0 Å². The van der Waals surface area contributed by atoms with E-state index in [2.05, 4.69) is 0 Å². The summed E-state index contributed by atoms with van der Waals surface area (Å²) in [6.07, 6.45) is 0. The first-order valence-corrected chi connectivity index (χ1v) is 7.63. The lowest BCUT2D eigenvalue weighted by Crippen LogP contribution is -2.38. The molecule has 7 heteroatoms. The lowest BCUT2D eigenvalue weighted by Gasteiger charge is -2.27. The lowest BCUT2D eigenvalue weighted by molar-refractivity contribution is 0.280. The quantitative estimate of drug-likeness (QED) is 0.906. The van der Waals surface area contributed by atoms with Crippen molar-refractivity contribution in [2.24, 2.45) is 5.92 Å². The van der Waals surface area contributed by atoms with Crippen LogP contribution in [0.1, 0.15) is 26.3 Å². The Morgan fingerprint density at radius 1 is 1.25 bits per heavy atom. The van der Waals surface area contributed by atoms with Gasteiger partial charge in [-0.25, -0.2) is 17.2 Å².